The normalized spacial score (nSPS) is 15.2. The molecule has 0 unspecified atom stereocenters. The highest BCUT2D eigenvalue weighted by atomic mass is 32.1. The van der Waals surface area contributed by atoms with E-state index in [1.54, 1.807) is 0 Å². The molecule has 1 aliphatic carbocycles. The predicted molar refractivity (Wildman–Crippen MR) is 107 cm³/mol. The van der Waals surface area contributed by atoms with Gasteiger partial charge in [-0.15, -0.1) is 0 Å². The van der Waals surface area contributed by atoms with Gasteiger partial charge in [-0.2, -0.15) is 0 Å². The van der Waals surface area contributed by atoms with Crippen molar-refractivity contribution in [3.63, 3.8) is 0 Å². The molecule has 2 aromatic carbocycles. The number of thiocarbonyl (C=S) groups is 1. The summed E-state index contributed by atoms with van der Waals surface area (Å²) in [5.74, 6) is -0.161. The Morgan fingerprint density at radius 3 is 2.08 bits per heavy atom. The Hall–Kier alpha value is -2.20. The van der Waals surface area contributed by atoms with Crippen molar-refractivity contribution in [2.75, 3.05) is 0 Å². The Balaban J connectivity index is 1.56. The zero-order valence-corrected chi connectivity index (χ0v) is 15.1. The zero-order chi connectivity index (χ0) is 17.5. The fraction of sp³-hybridized carbons (Fsp3) is 0.333. The quantitative estimate of drug-likeness (QED) is 0.622. The van der Waals surface area contributed by atoms with Crippen LogP contribution in [0, 0.1) is 0 Å². The van der Waals surface area contributed by atoms with Gasteiger partial charge in [-0.3, -0.25) is 10.1 Å². The summed E-state index contributed by atoms with van der Waals surface area (Å²) in [6.07, 6.45) is 7.31. The lowest BCUT2D eigenvalue weighted by atomic mass is 10.0. The highest BCUT2D eigenvalue weighted by molar-refractivity contribution is 7.80. The maximum absolute atomic E-state index is 12.4. The Kier molecular flexibility index (Phi) is 6.18. The summed E-state index contributed by atoms with van der Waals surface area (Å²) in [7, 11) is 0. The summed E-state index contributed by atoms with van der Waals surface area (Å²) in [5.41, 5.74) is 2.85. The minimum Gasteiger partial charge on any atom is -0.360 e. The molecule has 0 heterocycles. The van der Waals surface area contributed by atoms with Gasteiger partial charge in [0.1, 0.15) is 0 Å². The smallest absolute Gasteiger partial charge is 0.257 e. The van der Waals surface area contributed by atoms with Crippen molar-refractivity contribution in [3.8, 4) is 11.1 Å². The minimum atomic E-state index is -0.161. The first-order valence-electron chi connectivity index (χ1n) is 9.00. The van der Waals surface area contributed by atoms with Crippen LogP contribution >= 0.6 is 12.2 Å². The van der Waals surface area contributed by atoms with Crippen molar-refractivity contribution in [1.82, 2.24) is 10.6 Å². The van der Waals surface area contributed by atoms with Crippen LogP contribution in [0.2, 0.25) is 0 Å². The second-order valence-electron chi connectivity index (χ2n) is 6.56. The van der Waals surface area contributed by atoms with Crippen molar-refractivity contribution in [1.29, 1.82) is 0 Å². The maximum atomic E-state index is 12.4. The zero-order valence-electron chi connectivity index (χ0n) is 14.3. The molecule has 4 heteroatoms. The van der Waals surface area contributed by atoms with Gasteiger partial charge in [0.05, 0.1) is 0 Å². The van der Waals surface area contributed by atoms with E-state index in [0.717, 1.165) is 24.0 Å². The first-order valence-corrected chi connectivity index (χ1v) is 9.40. The molecule has 3 rings (SSSR count). The van der Waals surface area contributed by atoms with Crippen LogP contribution in [0.3, 0.4) is 0 Å². The average Bonchev–Trinajstić information content (AvgIpc) is 2.91. The van der Waals surface area contributed by atoms with Gasteiger partial charge in [-0.05, 0) is 48.3 Å². The Bertz CT molecular complexity index is 704. The SMILES string of the molecule is O=C(NC(=S)NC1CCCCCC1)c1ccc(-c2ccccc2)cc1. The number of benzene rings is 2. The number of carbonyl (C=O) groups is 1. The van der Waals surface area contributed by atoms with Crippen molar-refractivity contribution in [2.24, 2.45) is 0 Å². The summed E-state index contributed by atoms with van der Waals surface area (Å²) in [4.78, 5) is 12.4. The van der Waals surface area contributed by atoms with E-state index in [4.69, 9.17) is 12.2 Å². The molecular weight excluding hydrogens is 328 g/mol. The number of nitrogens with one attached hydrogen (secondary N) is 2. The van der Waals surface area contributed by atoms with E-state index < -0.39 is 0 Å². The third kappa shape index (κ3) is 5.13. The Labute approximate surface area is 154 Å². The monoisotopic (exact) mass is 352 g/mol. The fourth-order valence-corrected chi connectivity index (χ4v) is 3.52. The van der Waals surface area contributed by atoms with Crippen LogP contribution in [0.5, 0.6) is 0 Å². The minimum absolute atomic E-state index is 0.161. The lowest BCUT2D eigenvalue weighted by Crippen LogP contribution is -2.44. The third-order valence-corrected chi connectivity index (χ3v) is 4.89. The van der Waals surface area contributed by atoms with Gasteiger partial charge in [0.15, 0.2) is 5.11 Å². The van der Waals surface area contributed by atoms with Crippen molar-refractivity contribution in [2.45, 2.75) is 44.6 Å². The first-order chi connectivity index (χ1) is 12.2. The van der Waals surface area contributed by atoms with Crippen LogP contribution in [0.1, 0.15) is 48.9 Å². The number of hydrogen-bond acceptors (Lipinski definition) is 2. The number of hydrogen-bond donors (Lipinski definition) is 2. The summed E-state index contributed by atoms with van der Waals surface area (Å²) < 4.78 is 0. The van der Waals surface area contributed by atoms with Crippen LogP contribution < -0.4 is 10.6 Å². The molecule has 1 saturated carbocycles. The molecule has 1 fully saturated rings. The van der Waals surface area contributed by atoms with Crippen LogP contribution in [-0.4, -0.2) is 17.1 Å². The molecule has 3 nitrogen and oxygen atoms in total. The topological polar surface area (TPSA) is 41.1 Å². The molecule has 1 amide bonds. The van der Waals surface area contributed by atoms with E-state index in [1.165, 1.54) is 25.7 Å². The van der Waals surface area contributed by atoms with Crippen LogP contribution in [-0.2, 0) is 0 Å². The van der Waals surface area contributed by atoms with E-state index in [-0.39, 0.29) is 5.91 Å². The fourth-order valence-electron chi connectivity index (χ4n) is 3.27. The van der Waals surface area contributed by atoms with Gasteiger partial charge < -0.3 is 5.32 Å². The molecule has 0 bridgehead atoms. The van der Waals surface area contributed by atoms with Crippen molar-refractivity contribution >= 4 is 23.2 Å². The molecule has 130 valence electrons. The van der Waals surface area contributed by atoms with Crippen LogP contribution in [0.4, 0.5) is 0 Å². The molecule has 0 aliphatic heterocycles. The second kappa shape index (κ2) is 8.77. The third-order valence-electron chi connectivity index (χ3n) is 4.67. The second-order valence-corrected chi connectivity index (χ2v) is 6.97. The lowest BCUT2D eigenvalue weighted by Gasteiger charge is -2.18. The number of carbonyl (C=O) groups excluding carboxylic acids is 1. The largest absolute Gasteiger partial charge is 0.360 e. The van der Waals surface area contributed by atoms with Crippen molar-refractivity contribution in [3.05, 3.63) is 60.2 Å². The summed E-state index contributed by atoms with van der Waals surface area (Å²) in [6.45, 7) is 0. The molecule has 0 atom stereocenters. The first kappa shape index (κ1) is 17.6. The van der Waals surface area contributed by atoms with Gasteiger partial charge in [0.2, 0.25) is 0 Å². The van der Waals surface area contributed by atoms with Gasteiger partial charge in [0, 0.05) is 11.6 Å². The molecule has 2 N–H and O–H groups in total. The maximum Gasteiger partial charge on any atom is 0.257 e. The Morgan fingerprint density at radius 2 is 1.44 bits per heavy atom. The molecule has 0 radical (unpaired) electrons. The average molecular weight is 353 g/mol. The van der Waals surface area contributed by atoms with E-state index in [9.17, 15) is 4.79 Å². The molecule has 25 heavy (non-hydrogen) atoms. The number of amides is 1. The van der Waals surface area contributed by atoms with Crippen molar-refractivity contribution < 1.29 is 4.79 Å². The molecule has 0 saturated heterocycles. The van der Waals surface area contributed by atoms with Crippen LogP contribution in [0.15, 0.2) is 54.6 Å². The lowest BCUT2D eigenvalue weighted by molar-refractivity contribution is 0.0976. The molecule has 0 aromatic heterocycles. The van der Waals surface area contributed by atoms with E-state index in [2.05, 4.69) is 22.8 Å². The van der Waals surface area contributed by atoms with Gasteiger partial charge in [0.25, 0.3) is 5.91 Å². The molecule has 1 aliphatic rings. The van der Waals surface area contributed by atoms with E-state index in [1.807, 2.05) is 42.5 Å². The summed E-state index contributed by atoms with van der Waals surface area (Å²) in [6, 6.07) is 18.1. The number of rotatable bonds is 3. The predicted octanol–water partition coefficient (Wildman–Crippen LogP) is 4.68. The highest BCUT2D eigenvalue weighted by Gasteiger charge is 2.14. The van der Waals surface area contributed by atoms with Gasteiger partial charge in [-0.25, -0.2) is 0 Å². The van der Waals surface area contributed by atoms with E-state index in [0.29, 0.717) is 16.7 Å². The summed E-state index contributed by atoms with van der Waals surface area (Å²) in [5, 5.41) is 6.54. The Morgan fingerprint density at radius 1 is 0.840 bits per heavy atom. The van der Waals surface area contributed by atoms with Gasteiger partial charge in [-0.1, -0.05) is 68.1 Å². The van der Waals surface area contributed by atoms with E-state index >= 15 is 0 Å². The van der Waals surface area contributed by atoms with Crippen LogP contribution in [0.25, 0.3) is 11.1 Å². The standard InChI is InChI=1S/C21H24N2OS/c24-20(23-21(25)22-19-10-6-1-2-7-11-19)18-14-12-17(13-15-18)16-8-4-3-5-9-16/h3-5,8-9,12-15,19H,1-2,6-7,10-11H2,(H2,22,23,24,25). The molecule has 0 spiro atoms. The summed E-state index contributed by atoms with van der Waals surface area (Å²) >= 11 is 5.31. The van der Waals surface area contributed by atoms with Gasteiger partial charge >= 0.3 is 0 Å². The molecular formula is C21H24N2OS. The highest BCUT2D eigenvalue weighted by Crippen LogP contribution is 2.19. The molecule has 2 aromatic rings.